The van der Waals surface area contributed by atoms with Crippen LogP contribution in [0.3, 0.4) is 0 Å². The molecule has 2 rings (SSSR count). The summed E-state index contributed by atoms with van der Waals surface area (Å²) in [4.78, 5) is 7.57. The van der Waals surface area contributed by atoms with Crippen LogP contribution in [0.1, 0.15) is 12.5 Å². The van der Waals surface area contributed by atoms with E-state index in [1.54, 1.807) is 0 Å². The third-order valence-corrected chi connectivity index (χ3v) is 2.57. The van der Waals surface area contributed by atoms with E-state index in [1.807, 2.05) is 24.3 Å². The highest BCUT2D eigenvalue weighted by Gasteiger charge is 2.07. The van der Waals surface area contributed by atoms with E-state index in [1.165, 1.54) is 5.56 Å². The van der Waals surface area contributed by atoms with E-state index in [9.17, 15) is 0 Å². The molecule has 0 saturated carbocycles. The third kappa shape index (κ3) is 2.95. The minimum Gasteiger partial charge on any atom is -0.382 e. The number of hydrogen-bond acceptors (Lipinski definition) is 7. The molecule has 0 spiro atoms. The monoisotopic (exact) mass is 257 g/mol. The molecule has 0 aliphatic rings. The van der Waals surface area contributed by atoms with E-state index < -0.39 is 0 Å². The van der Waals surface area contributed by atoms with Gasteiger partial charge in [0.05, 0.1) is 5.69 Å². The van der Waals surface area contributed by atoms with Crippen molar-refractivity contribution in [3.63, 3.8) is 0 Å². The molecule has 1 aromatic carbocycles. The summed E-state index contributed by atoms with van der Waals surface area (Å²) in [6, 6.07) is 7.71. The first-order chi connectivity index (χ1) is 9.10. The average Bonchev–Trinajstić information content (AvgIpc) is 2.38. The highest BCUT2D eigenvalue weighted by atomic mass is 15.2. The topological polar surface area (TPSA) is 129 Å². The van der Waals surface area contributed by atoms with Crippen molar-refractivity contribution in [3.8, 4) is 0 Å². The van der Waals surface area contributed by atoms with E-state index in [0.29, 0.717) is 5.69 Å². The van der Waals surface area contributed by atoms with Gasteiger partial charge >= 0.3 is 0 Å². The molecular formula is C12H15N7. The van der Waals surface area contributed by atoms with Gasteiger partial charge in [-0.15, -0.1) is 5.11 Å². The number of nitrogens with two attached hydrogens (primary N) is 3. The average molecular weight is 257 g/mol. The fraction of sp³-hybridized carbons (Fsp3) is 0.167. The van der Waals surface area contributed by atoms with Gasteiger partial charge in [-0.25, -0.2) is 0 Å². The molecule has 0 aliphatic carbocycles. The molecule has 0 bridgehead atoms. The van der Waals surface area contributed by atoms with Crippen molar-refractivity contribution in [2.75, 3.05) is 17.2 Å². The highest BCUT2D eigenvalue weighted by Crippen LogP contribution is 2.28. The smallest absolute Gasteiger partial charge is 0.224 e. The zero-order valence-electron chi connectivity index (χ0n) is 10.5. The fourth-order valence-corrected chi connectivity index (χ4v) is 1.52. The number of aromatic nitrogens is 2. The van der Waals surface area contributed by atoms with Gasteiger partial charge in [0.2, 0.25) is 5.95 Å². The van der Waals surface area contributed by atoms with Gasteiger partial charge in [0.1, 0.15) is 0 Å². The van der Waals surface area contributed by atoms with Gasteiger partial charge in [0.25, 0.3) is 0 Å². The van der Waals surface area contributed by atoms with Crippen LogP contribution < -0.4 is 17.2 Å². The van der Waals surface area contributed by atoms with Crippen LogP contribution in [-0.4, -0.2) is 9.97 Å². The van der Waals surface area contributed by atoms with Gasteiger partial charge in [0, 0.05) is 0 Å². The number of azo groups is 1. The third-order valence-electron chi connectivity index (χ3n) is 2.57. The minimum absolute atomic E-state index is 0.0150. The lowest BCUT2D eigenvalue weighted by molar-refractivity contribution is 1.13. The van der Waals surface area contributed by atoms with Crippen molar-refractivity contribution >= 4 is 29.0 Å². The van der Waals surface area contributed by atoms with Crippen molar-refractivity contribution in [2.45, 2.75) is 13.3 Å². The van der Waals surface area contributed by atoms with E-state index in [-0.39, 0.29) is 23.3 Å². The van der Waals surface area contributed by atoms with Crippen molar-refractivity contribution < 1.29 is 0 Å². The summed E-state index contributed by atoms with van der Waals surface area (Å²) in [5.41, 5.74) is 18.9. The molecule has 19 heavy (non-hydrogen) atoms. The number of hydrogen-bond donors (Lipinski definition) is 3. The van der Waals surface area contributed by atoms with Crippen LogP contribution in [-0.2, 0) is 6.42 Å². The Balaban J connectivity index is 2.27. The maximum absolute atomic E-state index is 5.67. The van der Waals surface area contributed by atoms with Gasteiger partial charge in [-0.2, -0.15) is 15.1 Å². The van der Waals surface area contributed by atoms with E-state index in [2.05, 4.69) is 27.1 Å². The maximum atomic E-state index is 5.67. The largest absolute Gasteiger partial charge is 0.382 e. The Bertz CT molecular complexity index is 581. The van der Waals surface area contributed by atoms with Gasteiger partial charge in [0.15, 0.2) is 17.3 Å². The summed E-state index contributed by atoms with van der Waals surface area (Å²) in [5, 5.41) is 8.01. The zero-order chi connectivity index (χ0) is 13.8. The Kier molecular flexibility index (Phi) is 3.56. The number of aryl methyl sites for hydroxylation is 1. The van der Waals surface area contributed by atoms with Gasteiger partial charge in [-0.3, -0.25) is 0 Å². The predicted octanol–water partition coefficient (Wildman–Crippen LogP) is 2.20. The van der Waals surface area contributed by atoms with E-state index in [0.717, 1.165) is 6.42 Å². The summed E-state index contributed by atoms with van der Waals surface area (Å²) in [7, 11) is 0. The van der Waals surface area contributed by atoms with Crippen molar-refractivity contribution in [2.24, 2.45) is 10.2 Å². The molecule has 2 aromatic rings. The molecule has 0 saturated heterocycles. The number of nitrogens with zero attached hydrogens (tertiary/aromatic N) is 4. The Morgan fingerprint density at radius 1 is 0.947 bits per heavy atom. The van der Waals surface area contributed by atoms with Crippen molar-refractivity contribution in [3.05, 3.63) is 29.8 Å². The molecule has 0 atom stereocenters. The molecule has 1 heterocycles. The molecule has 0 aliphatic heterocycles. The Hall–Kier alpha value is -2.70. The first-order valence-electron chi connectivity index (χ1n) is 5.79. The number of rotatable bonds is 3. The lowest BCUT2D eigenvalue weighted by Gasteiger charge is -2.02. The summed E-state index contributed by atoms with van der Waals surface area (Å²) >= 11 is 0. The summed E-state index contributed by atoms with van der Waals surface area (Å²) in [6.07, 6.45) is 0.975. The van der Waals surface area contributed by atoms with E-state index >= 15 is 0 Å². The molecule has 0 unspecified atom stereocenters. The van der Waals surface area contributed by atoms with Crippen LogP contribution >= 0.6 is 0 Å². The second kappa shape index (κ2) is 5.30. The predicted molar refractivity (Wildman–Crippen MR) is 75.3 cm³/mol. The van der Waals surface area contributed by atoms with Crippen LogP contribution in [0.2, 0.25) is 0 Å². The number of benzene rings is 1. The molecule has 0 fully saturated rings. The van der Waals surface area contributed by atoms with Crippen LogP contribution in [0.15, 0.2) is 34.5 Å². The standard InChI is InChI=1S/C12H15N7/c1-2-7-3-5-8(6-4-7)18-19-9-10(13)16-12(15)17-11(9)14/h3-6H,2H2,1H3,(H6,13,14,15,16,17). The summed E-state index contributed by atoms with van der Waals surface area (Å²) in [6.45, 7) is 2.09. The number of anilines is 3. The quantitative estimate of drug-likeness (QED) is 0.726. The Morgan fingerprint density at radius 2 is 1.53 bits per heavy atom. The molecule has 7 heteroatoms. The first kappa shape index (κ1) is 12.7. The SMILES string of the molecule is CCc1ccc(N=Nc2c(N)nc(N)nc2N)cc1. The molecule has 0 radical (unpaired) electrons. The van der Waals surface area contributed by atoms with E-state index in [4.69, 9.17) is 17.2 Å². The lowest BCUT2D eigenvalue weighted by Crippen LogP contribution is -2.03. The maximum Gasteiger partial charge on any atom is 0.224 e. The Labute approximate surface area is 110 Å². The lowest BCUT2D eigenvalue weighted by atomic mass is 10.2. The molecule has 6 N–H and O–H groups in total. The van der Waals surface area contributed by atoms with Crippen molar-refractivity contribution in [1.82, 2.24) is 9.97 Å². The van der Waals surface area contributed by atoms with Gasteiger partial charge in [-0.05, 0) is 24.1 Å². The van der Waals surface area contributed by atoms with Crippen LogP contribution in [0.4, 0.5) is 29.0 Å². The molecular weight excluding hydrogens is 242 g/mol. The van der Waals surface area contributed by atoms with Gasteiger partial charge < -0.3 is 17.2 Å². The van der Waals surface area contributed by atoms with Crippen LogP contribution in [0, 0.1) is 0 Å². The second-order valence-corrected chi connectivity index (χ2v) is 3.92. The minimum atomic E-state index is 0.0150. The molecule has 98 valence electrons. The van der Waals surface area contributed by atoms with Crippen molar-refractivity contribution in [1.29, 1.82) is 0 Å². The van der Waals surface area contributed by atoms with Crippen LogP contribution in [0.5, 0.6) is 0 Å². The Morgan fingerprint density at radius 3 is 2.05 bits per heavy atom. The second-order valence-electron chi connectivity index (χ2n) is 3.92. The summed E-state index contributed by atoms with van der Waals surface area (Å²) < 4.78 is 0. The zero-order valence-corrected chi connectivity index (χ0v) is 10.5. The first-order valence-corrected chi connectivity index (χ1v) is 5.79. The highest BCUT2D eigenvalue weighted by molar-refractivity contribution is 5.71. The fourth-order valence-electron chi connectivity index (χ4n) is 1.52. The van der Waals surface area contributed by atoms with Crippen LogP contribution in [0.25, 0.3) is 0 Å². The molecule has 0 amide bonds. The molecule has 7 nitrogen and oxygen atoms in total. The normalized spacial score (nSPS) is 11.0. The van der Waals surface area contributed by atoms with Gasteiger partial charge in [-0.1, -0.05) is 19.1 Å². The number of nitrogen functional groups attached to an aromatic ring is 3. The molecule has 1 aromatic heterocycles. The summed E-state index contributed by atoms with van der Waals surface area (Å²) in [5.74, 6) is 0.235.